The summed E-state index contributed by atoms with van der Waals surface area (Å²) in [7, 11) is 0. The molecular weight excluding hydrogens is 240 g/mol. The molecule has 0 amide bonds. The number of benzene rings is 1. The summed E-state index contributed by atoms with van der Waals surface area (Å²) < 4.78 is 0. The highest BCUT2D eigenvalue weighted by molar-refractivity contribution is 7.15. The molecule has 0 aliphatic carbocycles. The predicted molar refractivity (Wildman–Crippen MR) is 78.1 cm³/mol. The fraction of sp³-hybridized carbons (Fsp3) is 0.267. The van der Waals surface area contributed by atoms with Crippen LogP contribution in [0.2, 0.25) is 0 Å². The van der Waals surface area contributed by atoms with Crippen molar-refractivity contribution in [2.45, 2.75) is 26.2 Å². The third kappa shape index (κ3) is 1.85. The summed E-state index contributed by atoms with van der Waals surface area (Å²) in [6.45, 7) is 6.75. The first-order valence-electron chi connectivity index (χ1n) is 6.08. The average Bonchev–Trinajstić information content (AvgIpc) is 2.96. The van der Waals surface area contributed by atoms with Crippen molar-refractivity contribution in [1.82, 2.24) is 10.2 Å². The molecule has 2 aromatic heterocycles. The molecule has 1 N–H and O–H groups in total. The summed E-state index contributed by atoms with van der Waals surface area (Å²) in [4.78, 5) is 2.71. The summed E-state index contributed by atoms with van der Waals surface area (Å²) in [6.07, 6.45) is 1.87. The molecule has 0 spiro atoms. The Labute approximate surface area is 111 Å². The van der Waals surface area contributed by atoms with E-state index in [-0.39, 0.29) is 5.41 Å². The van der Waals surface area contributed by atoms with Gasteiger partial charge in [-0.2, -0.15) is 5.10 Å². The lowest BCUT2D eigenvalue weighted by Gasteiger charge is -2.15. The van der Waals surface area contributed by atoms with Gasteiger partial charge >= 0.3 is 0 Å². The first-order valence-corrected chi connectivity index (χ1v) is 6.90. The fourth-order valence-electron chi connectivity index (χ4n) is 2.06. The maximum atomic E-state index is 4.12. The Bertz CT molecular complexity index is 686. The van der Waals surface area contributed by atoms with E-state index in [0.29, 0.717) is 0 Å². The minimum atomic E-state index is 0.213. The molecule has 92 valence electrons. The molecule has 3 aromatic rings. The van der Waals surface area contributed by atoms with Crippen LogP contribution >= 0.6 is 11.3 Å². The highest BCUT2D eigenvalue weighted by atomic mass is 32.1. The second kappa shape index (κ2) is 3.95. The van der Waals surface area contributed by atoms with Crippen molar-refractivity contribution in [1.29, 1.82) is 0 Å². The quantitative estimate of drug-likeness (QED) is 0.678. The molecule has 0 atom stereocenters. The number of H-pyrrole nitrogens is 1. The summed E-state index contributed by atoms with van der Waals surface area (Å²) in [6, 6.07) is 10.8. The number of nitrogens with zero attached hydrogens (tertiary/aromatic N) is 1. The molecule has 0 saturated carbocycles. The summed E-state index contributed by atoms with van der Waals surface area (Å²) in [5.74, 6) is 0. The van der Waals surface area contributed by atoms with E-state index in [0.717, 1.165) is 5.52 Å². The summed E-state index contributed by atoms with van der Waals surface area (Å²) in [5, 5.41) is 8.38. The van der Waals surface area contributed by atoms with Crippen molar-refractivity contribution in [2.75, 3.05) is 0 Å². The van der Waals surface area contributed by atoms with Crippen LogP contribution in [0.3, 0.4) is 0 Å². The van der Waals surface area contributed by atoms with Crippen LogP contribution in [-0.2, 0) is 5.41 Å². The number of rotatable bonds is 1. The fourth-order valence-corrected chi connectivity index (χ4v) is 3.16. The molecule has 3 heteroatoms. The van der Waals surface area contributed by atoms with E-state index in [1.165, 1.54) is 20.7 Å². The molecule has 0 saturated heterocycles. The monoisotopic (exact) mass is 256 g/mol. The molecule has 0 radical (unpaired) electrons. The molecule has 2 nitrogen and oxygen atoms in total. The van der Waals surface area contributed by atoms with Gasteiger partial charge in [0.1, 0.15) is 0 Å². The Balaban J connectivity index is 2.15. The van der Waals surface area contributed by atoms with Crippen LogP contribution in [-0.4, -0.2) is 10.2 Å². The van der Waals surface area contributed by atoms with E-state index in [1.54, 1.807) is 0 Å². The first-order chi connectivity index (χ1) is 8.55. The van der Waals surface area contributed by atoms with Gasteiger partial charge in [0, 0.05) is 20.7 Å². The lowest BCUT2D eigenvalue weighted by molar-refractivity contribution is 0.604. The Kier molecular flexibility index (Phi) is 2.52. The van der Waals surface area contributed by atoms with Gasteiger partial charge in [-0.25, -0.2) is 0 Å². The van der Waals surface area contributed by atoms with Gasteiger partial charge in [0.2, 0.25) is 0 Å². The second-order valence-electron chi connectivity index (χ2n) is 5.55. The number of hydrogen-bond acceptors (Lipinski definition) is 2. The standard InChI is InChI=1S/C15H16N2S/c1-15(2,3)13-8-7-12(18-13)11-6-4-5-10-9-16-17-14(10)11/h4-9H,1-3H3,(H,16,17). The maximum Gasteiger partial charge on any atom is 0.0736 e. The topological polar surface area (TPSA) is 28.7 Å². The molecule has 0 aliphatic heterocycles. The van der Waals surface area contributed by atoms with Gasteiger partial charge < -0.3 is 0 Å². The van der Waals surface area contributed by atoms with Gasteiger partial charge in [0.05, 0.1) is 11.7 Å². The van der Waals surface area contributed by atoms with E-state index >= 15 is 0 Å². The van der Waals surface area contributed by atoms with Crippen molar-refractivity contribution in [3.63, 3.8) is 0 Å². The van der Waals surface area contributed by atoms with Crippen molar-refractivity contribution >= 4 is 22.2 Å². The first kappa shape index (κ1) is 11.5. The number of thiophene rings is 1. The zero-order chi connectivity index (χ0) is 12.8. The number of para-hydroxylation sites is 1. The van der Waals surface area contributed by atoms with Crippen molar-refractivity contribution < 1.29 is 0 Å². The van der Waals surface area contributed by atoms with Crippen LogP contribution in [0.4, 0.5) is 0 Å². The third-order valence-corrected chi connectivity index (χ3v) is 4.63. The minimum absolute atomic E-state index is 0.213. The van der Waals surface area contributed by atoms with Crippen LogP contribution in [0, 0.1) is 0 Å². The molecule has 3 rings (SSSR count). The van der Waals surface area contributed by atoms with Gasteiger partial charge in [0.25, 0.3) is 0 Å². The van der Waals surface area contributed by atoms with E-state index < -0.39 is 0 Å². The van der Waals surface area contributed by atoms with Gasteiger partial charge in [0.15, 0.2) is 0 Å². The van der Waals surface area contributed by atoms with Gasteiger partial charge in [-0.15, -0.1) is 11.3 Å². The molecule has 2 heterocycles. The number of aromatic nitrogens is 2. The molecule has 1 aromatic carbocycles. The lowest BCUT2D eigenvalue weighted by atomic mass is 9.95. The molecule has 0 bridgehead atoms. The van der Waals surface area contributed by atoms with E-state index in [4.69, 9.17) is 0 Å². The zero-order valence-electron chi connectivity index (χ0n) is 10.8. The van der Waals surface area contributed by atoms with Crippen molar-refractivity contribution in [2.24, 2.45) is 0 Å². The summed E-state index contributed by atoms with van der Waals surface area (Å²) in [5.41, 5.74) is 2.58. The lowest BCUT2D eigenvalue weighted by Crippen LogP contribution is -2.07. The smallest absolute Gasteiger partial charge is 0.0736 e. The van der Waals surface area contributed by atoms with Crippen LogP contribution in [0.1, 0.15) is 25.6 Å². The van der Waals surface area contributed by atoms with Crippen LogP contribution < -0.4 is 0 Å². The maximum absolute atomic E-state index is 4.12. The third-order valence-electron chi connectivity index (χ3n) is 3.09. The second-order valence-corrected chi connectivity index (χ2v) is 6.64. The Morgan fingerprint density at radius 1 is 1.11 bits per heavy atom. The molecule has 0 fully saturated rings. The van der Waals surface area contributed by atoms with Gasteiger partial charge in [-0.1, -0.05) is 39.0 Å². The zero-order valence-corrected chi connectivity index (χ0v) is 11.6. The number of fused-ring (bicyclic) bond motifs is 1. The largest absolute Gasteiger partial charge is 0.277 e. The highest BCUT2D eigenvalue weighted by Gasteiger charge is 2.17. The normalized spacial score (nSPS) is 12.2. The Hall–Kier alpha value is -1.61. The van der Waals surface area contributed by atoms with Gasteiger partial charge in [-0.3, -0.25) is 5.10 Å². The SMILES string of the molecule is CC(C)(C)c1ccc(-c2cccc3cn[nH]c23)s1. The Morgan fingerprint density at radius 2 is 1.94 bits per heavy atom. The van der Waals surface area contributed by atoms with Gasteiger partial charge in [-0.05, 0) is 17.5 Å². The molecule has 0 aliphatic rings. The number of nitrogens with one attached hydrogen (secondary N) is 1. The van der Waals surface area contributed by atoms with Crippen molar-refractivity contribution in [3.05, 3.63) is 41.4 Å². The van der Waals surface area contributed by atoms with Crippen LogP contribution in [0.5, 0.6) is 0 Å². The number of aromatic amines is 1. The molecular formula is C15H16N2S. The molecule has 18 heavy (non-hydrogen) atoms. The minimum Gasteiger partial charge on any atom is -0.277 e. The number of hydrogen-bond donors (Lipinski definition) is 1. The highest BCUT2D eigenvalue weighted by Crippen LogP contribution is 2.37. The summed E-state index contributed by atoms with van der Waals surface area (Å²) >= 11 is 1.86. The Morgan fingerprint density at radius 3 is 2.67 bits per heavy atom. The van der Waals surface area contributed by atoms with E-state index in [9.17, 15) is 0 Å². The molecule has 0 unspecified atom stereocenters. The van der Waals surface area contributed by atoms with Crippen molar-refractivity contribution in [3.8, 4) is 10.4 Å². The van der Waals surface area contributed by atoms with E-state index in [2.05, 4.69) is 61.3 Å². The predicted octanol–water partition coefficient (Wildman–Crippen LogP) is 4.59. The van der Waals surface area contributed by atoms with E-state index in [1.807, 2.05) is 17.5 Å². The average molecular weight is 256 g/mol. The van der Waals surface area contributed by atoms with Crippen LogP contribution in [0.25, 0.3) is 21.3 Å². The van der Waals surface area contributed by atoms with Crippen LogP contribution in [0.15, 0.2) is 36.5 Å².